The van der Waals surface area contributed by atoms with E-state index >= 15 is 0 Å². The van der Waals surface area contributed by atoms with Crippen molar-refractivity contribution in [1.29, 1.82) is 0 Å². The van der Waals surface area contributed by atoms with E-state index in [0.717, 1.165) is 43.3 Å². The number of rotatable bonds is 10. The van der Waals surface area contributed by atoms with Crippen LogP contribution in [0.2, 0.25) is 0 Å². The number of hydrogen-bond donors (Lipinski definition) is 0. The van der Waals surface area contributed by atoms with Crippen LogP contribution in [-0.4, -0.2) is 62.8 Å². The highest BCUT2D eigenvalue weighted by Crippen LogP contribution is 2.52. The molecule has 0 aromatic heterocycles. The van der Waals surface area contributed by atoms with Gasteiger partial charge in [-0.2, -0.15) is 0 Å². The first-order valence-electron chi connectivity index (χ1n) is 12.6. The Labute approximate surface area is 193 Å². The molecule has 4 heteroatoms. The Morgan fingerprint density at radius 3 is 2.12 bits per heavy atom. The van der Waals surface area contributed by atoms with E-state index in [2.05, 4.69) is 46.2 Å². The van der Waals surface area contributed by atoms with E-state index in [1.54, 1.807) is 7.11 Å². The molecule has 1 aliphatic carbocycles. The summed E-state index contributed by atoms with van der Waals surface area (Å²) in [6.45, 7) is 9.30. The number of methoxy groups -OCH3 is 1. The topological polar surface area (TPSA) is 24.9 Å². The molecule has 0 spiro atoms. The van der Waals surface area contributed by atoms with Crippen molar-refractivity contribution < 1.29 is 9.47 Å². The fourth-order valence-corrected chi connectivity index (χ4v) is 5.75. The summed E-state index contributed by atoms with van der Waals surface area (Å²) in [4.78, 5) is 5.24. The zero-order chi connectivity index (χ0) is 21.8. The third-order valence-corrected chi connectivity index (χ3v) is 7.75. The third kappa shape index (κ3) is 5.36. The highest BCUT2D eigenvalue weighted by atomic mass is 16.5. The predicted octanol–water partition coefficient (Wildman–Crippen LogP) is 4.93. The Balaban J connectivity index is 0.991. The van der Waals surface area contributed by atoms with Crippen molar-refractivity contribution in [1.82, 2.24) is 9.80 Å². The van der Waals surface area contributed by atoms with Gasteiger partial charge in [0.2, 0.25) is 0 Å². The summed E-state index contributed by atoms with van der Waals surface area (Å²) in [5.74, 6) is 3.46. The van der Waals surface area contributed by atoms with E-state index < -0.39 is 0 Å². The molecule has 32 heavy (non-hydrogen) atoms. The summed E-state index contributed by atoms with van der Waals surface area (Å²) >= 11 is 0. The lowest BCUT2D eigenvalue weighted by atomic mass is 10.0. The largest absolute Gasteiger partial charge is 0.497 e. The monoisotopic (exact) mass is 434 g/mol. The van der Waals surface area contributed by atoms with Crippen molar-refractivity contribution in [2.45, 2.75) is 32.2 Å². The van der Waals surface area contributed by atoms with E-state index in [9.17, 15) is 0 Å². The molecule has 5 rings (SSSR count). The fraction of sp³-hybridized carbons (Fsp3) is 0.571. The van der Waals surface area contributed by atoms with Gasteiger partial charge in [0.1, 0.15) is 5.75 Å². The van der Waals surface area contributed by atoms with Gasteiger partial charge in [-0.25, -0.2) is 0 Å². The van der Waals surface area contributed by atoms with Crippen molar-refractivity contribution in [3.05, 3.63) is 54.1 Å². The quantitative estimate of drug-likeness (QED) is 0.495. The number of fused-ring (bicyclic) bond motifs is 1. The van der Waals surface area contributed by atoms with Gasteiger partial charge < -0.3 is 14.4 Å². The molecule has 2 aromatic carbocycles. The zero-order valence-electron chi connectivity index (χ0n) is 19.5. The molecule has 2 aromatic rings. The lowest BCUT2D eigenvalue weighted by Crippen LogP contribution is -2.31. The van der Waals surface area contributed by atoms with Crippen molar-refractivity contribution in [2.24, 2.45) is 17.8 Å². The van der Waals surface area contributed by atoms with Gasteiger partial charge in [0, 0.05) is 32.8 Å². The summed E-state index contributed by atoms with van der Waals surface area (Å²) in [5, 5.41) is 0. The first kappa shape index (κ1) is 21.9. The van der Waals surface area contributed by atoms with Gasteiger partial charge in [-0.1, -0.05) is 42.8 Å². The molecule has 2 aliphatic heterocycles. The smallest absolute Gasteiger partial charge is 0.118 e. The van der Waals surface area contributed by atoms with Gasteiger partial charge in [0.05, 0.1) is 13.7 Å². The van der Waals surface area contributed by atoms with Gasteiger partial charge in [0.15, 0.2) is 0 Å². The first-order chi connectivity index (χ1) is 15.8. The minimum Gasteiger partial charge on any atom is -0.497 e. The SMILES string of the molecule is COc1ccc(-c2ccc(CN3C[C@@H]4C(COCCCN5CCCCC5)[C@@H]4C3)cc2)cc1. The molecule has 0 bridgehead atoms. The summed E-state index contributed by atoms with van der Waals surface area (Å²) in [6, 6.07) is 17.3. The van der Waals surface area contributed by atoms with Gasteiger partial charge in [0.25, 0.3) is 0 Å². The Kier molecular flexibility index (Phi) is 7.11. The number of benzene rings is 2. The maximum atomic E-state index is 6.06. The van der Waals surface area contributed by atoms with Crippen molar-refractivity contribution in [3.8, 4) is 16.9 Å². The average Bonchev–Trinajstić information content (AvgIpc) is 3.30. The van der Waals surface area contributed by atoms with Gasteiger partial charge in [-0.3, -0.25) is 4.90 Å². The van der Waals surface area contributed by atoms with Crippen LogP contribution in [0.3, 0.4) is 0 Å². The van der Waals surface area contributed by atoms with E-state index in [1.807, 2.05) is 12.1 Å². The van der Waals surface area contributed by atoms with Crippen LogP contribution in [0.1, 0.15) is 31.2 Å². The number of likely N-dealkylation sites (tertiary alicyclic amines) is 2. The molecular formula is C28H38N2O2. The van der Waals surface area contributed by atoms with Crippen molar-refractivity contribution >= 4 is 0 Å². The second kappa shape index (κ2) is 10.4. The summed E-state index contributed by atoms with van der Waals surface area (Å²) < 4.78 is 11.3. The number of hydrogen-bond acceptors (Lipinski definition) is 4. The van der Waals surface area contributed by atoms with Gasteiger partial charge in [-0.15, -0.1) is 0 Å². The van der Waals surface area contributed by atoms with Crippen LogP contribution in [0.5, 0.6) is 5.75 Å². The third-order valence-electron chi connectivity index (χ3n) is 7.75. The van der Waals surface area contributed by atoms with E-state index in [-0.39, 0.29) is 0 Å². The molecule has 3 fully saturated rings. The Bertz CT molecular complexity index is 833. The highest BCUT2D eigenvalue weighted by molar-refractivity contribution is 5.64. The van der Waals surface area contributed by atoms with Crippen LogP contribution >= 0.6 is 0 Å². The Hall–Kier alpha value is -1.88. The normalized spacial score (nSPS) is 25.6. The second-order valence-corrected chi connectivity index (χ2v) is 9.94. The summed E-state index contributed by atoms with van der Waals surface area (Å²) in [6.07, 6.45) is 5.38. The van der Waals surface area contributed by atoms with Gasteiger partial charge in [-0.05, 0) is 78.9 Å². The summed E-state index contributed by atoms with van der Waals surface area (Å²) in [7, 11) is 1.71. The highest BCUT2D eigenvalue weighted by Gasteiger charge is 2.55. The molecule has 0 N–H and O–H groups in total. The average molecular weight is 435 g/mol. The molecule has 0 radical (unpaired) electrons. The number of nitrogens with zero attached hydrogens (tertiary/aromatic N) is 2. The standard InChI is InChI=1S/C28H38N2O2/c1-31-25-12-10-24(11-13-25)23-8-6-22(7-9-23)18-30-19-26-27(20-30)28(26)21-32-17-5-16-29-14-3-2-4-15-29/h6-13,26-28H,2-5,14-21H2,1H3/t26-,27+,28?. The maximum Gasteiger partial charge on any atom is 0.118 e. The molecule has 2 heterocycles. The van der Waals surface area contributed by atoms with Crippen LogP contribution in [0.25, 0.3) is 11.1 Å². The molecule has 1 unspecified atom stereocenters. The van der Waals surface area contributed by atoms with Crippen LogP contribution in [0.15, 0.2) is 48.5 Å². The second-order valence-electron chi connectivity index (χ2n) is 9.94. The Morgan fingerprint density at radius 1 is 0.812 bits per heavy atom. The number of piperidine rings is 2. The fourth-order valence-electron chi connectivity index (χ4n) is 5.75. The molecule has 172 valence electrons. The summed E-state index contributed by atoms with van der Waals surface area (Å²) in [5.41, 5.74) is 3.91. The van der Waals surface area contributed by atoms with Crippen LogP contribution < -0.4 is 4.74 Å². The van der Waals surface area contributed by atoms with Crippen molar-refractivity contribution in [3.63, 3.8) is 0 Å². The molecule has 2 saturated heterocycles. The molecule has 0 amide bonds. The van der Waals surface area contributed by atoms with E-state index in [4.69, 9.17) is 9.47 Å². The van der Waals surface area contributed by atoms with E-state index in [1.165, 1.54) is 75.1 Å². The Morgan fingerprint density at radius 2 is 1.47 bits per heavy atom. The van der Waals surface area contributed by atoms with Crippen LogP contribution in [0, 0.1) is 17.8 Å². The van der Waals surface area contributed by atoms with Crippen LogP contribution in [-0.2, 0) is 11.3 Å². The molecular weight excluding hydrogens is 396 g/mol. The zero-order valence-corrected chi connectivity index (χ0v) is 19.5. The van der Waals surface area contributed by atoms with Crippen LogP contribution in [0.4, 0.5) is 0 Å². The number of ether oxygens (including phenoxy) is 2. The lowest BCUT2D eigenvalue weighted by molar-refractivity contribution is 0.0967. The molecule has 1 saturated carbocycles. The minimum absolute atomic E-state index is 0.818. The molecule has 4 nitrogen and oxygen atoms in total. The van der Waals surface area contributed by atoms with Gasteiger partial charge >= 0.3 is 0 Å². The predicted molar refractivity (Wildman–Crippen MR) is 130 cm³/mol. The molecule has 3 aliphatic rings. The maximum absolute atomic E-state index is 6.06. The lowest BCUT2D eigenvalue weighted by Gasteiger charge is -2.26. The van der Waals surface area contributed by atoms with E-state index in [0.29, 0.717) is 0 Å². The minimum atomic E-state index is 0.818. The van der Waals surface area contributed by atoms with Crippen molar-refractivity contribution in [2.75, 3.05) is 53.0 Å². The molecule has 3 atom stereocenters. The first-order valence-corrected chi connectivity index (χ1v) is 12.6.